The second kappa shape index (κ2) is 8.12. The Balaban J connectivity index is 1.92. The highest BCUT2D eigenvalue weighted by atomic mass is 32.2. The number of pyridine rings is 1. The lowest BCUT2D eigenvalue weighted by molar-refractivity contribution is 0.319. The first-order valence-corrected chi connectivity index (χ1v) is 9.81. The van der Waals surface area contributed by atoms with Crippen molar-refractivity contribution in [1.29, 1.82) is 0 Å². The number of aliphatic hydroxyl groups is 1. The smallest absolute Gasteiger partial charge is 0.180 e. The summed E-state index contributed by atoms with van der Waals surface area (Å²) in [6.07, 6.45) is 1.65. The van der Waals surface area contributed by atoms with E-state index in [0.29, 0.717) is 22.4 Å². The van der Waals surface area contributed by atoms with E-state index in [2.05, 4.69) is 16.8 Å². The summed E-state index contributed by atoms with van der Waals surface area (Å²) in [4.78, 5) is 4.21. The standard InChI is InChI=1S/C21H16FNO3S/c22-21-11-5-16(4-8-18-3-1-2-12-23-18)15-20(21)17-6-9-19(10-7-17)27(25,26)14-13-24/h1-3,5-7,9-12,15,24H,13-14H2. The molecule has 0 saturated heterocycles. The van der Waals surface area contributed by atoms with Crippen LogP contribution < -0.4 is 0 Å². The molecule has 0 bridgehead atoms. The van der Waals surface area contributed by atoms with Gasteiger partial charge in [-0.25, -0.2) is 17.8 Å². The van der Waals surface area contributed by atoms with Gasteiger partial charge in [-0.2, -0.15) is 0 Å². The Morgan fingerprint density at radius 1 is 1.00 bits per heavy atom. The van der Waals surface area contributed by atoms with Crippen LogP contribution in [0.4, 0.5) is 4.39 Å². The van der Waals surface area contributed by atoms with E-state index in [0.717, 1.165) is 0 Å². The fourth-order valence-corrected chi connectivity index (χ4v) is 3.50. The third-order valence-corrected chi connectivity index (χ3v) is 5.56. The monoisotopic (exact) mass is 381 g/mol. The Morgan fingerprint density at radius 3 is 2.44 bits per heavy atom. The molecule has 0 aliphatic heterocycles. The number of rotatable bonds is 4. The van der Waals surface area contributed by atoms with Crippen molar-refractivity contribution in [2.45, 2.75) is 4.90 Å². The van der Waals surface area contributed by atoms with E-state index in [1.807, 2.05) is 6.07 Å². The summed E-state index contributed by atoms with van der Waals surface area (Å²) < 4.78 is 38.2. The second-order valence-corrected chi connectivity index (χ2v) is 7.84. The minimum atomic E-state index is -3.54. The molecule has 1 heterocycles. The molecule has 4 nitrogen and oxygen atoms in total. The first-order valence-electron chi connectivity index (χ1n) is 8.16. The Hall–Kier alpha value is -3.01. The van der Waals surface area contributed by atoms with Crippen molar-refractivity contribution >= 4 is 9.84 Å². The zero-order valence-electron chi connectivity index (χ0n) is 14.3. The zero-order valence-corrected chi connectivity index (χ0v) is 15.1. The second-order valence-electron chi connectivity index (χ2n) is 5.73. The average molecular weight is 381 g/mol. The molecule has 6 heteroatoms. The maximum absolute atomic E-state index is 14.3. The van der Waals surface area contributed by atoms with Crippen molar-refractivity contribution < 1.29 is 17.9 Å². The first kappa shape index (κ1) is 18.8. The van der Waals surface area contributed by atoms with E-state index >= 15 is 0 Å². The van der Waals surface area contributed by atoms with E-state index in [9.17, 15) is 12.8 Å². The number of nitrogens with zero attached hydrogens (tertiary/aromatic N) is 1. The van der Waals surface area contributed by atoms with Crippen LogP contribution in [0.2, 0.25) is 0 Å². The Labute approximate surface area is 157 Å². The maximum atomic E-state index is 14.3. The number of aliphatic hydroxyl groups excluding tert-OH is 1. The molecule has 0 aliphatic rings. The van der Waals surface area contributed by atoms with Gasteiger partial charge in [0.15, 0.2) is 9.84 Å². The Morgan fingerprint density at radius 2 is 1.78 bits per heavy atom. The van der Waals surface area contributed by atoms with Gasteiger partial charge in [-0.1, -0.05) is 24.1 Å². The number of hydrogen-bond acceptors (Lipinski definition) is 4. The molecule has 27 heavy (non-hydrogen) atoms. The lowest BCUT2D eigenvalue weighted by Crippen LogP contribution is -2.09. The van der Waals surface area contributed by atoms with E-state index in [4.69, 9.17) is 5.11 Å². The SMILES string of the molecule is O=S(=O)(CCO)c1ccc(-c2cc(C#Cc3ccccn3)ccc2F)cc1. The topological polar surface area (TPSA) is 67.3 Å². The third kappa shape index (κ3) is 4.59. The van der Waals surface area contributed by atoms with Crippen LogP contribution >= 0.6 is 0 Å². The predicted molar refractivity (Wildman–Crippen MR) is 101 cm³/mol. The molecular formula is C21H16FNO3S. The van der Waals surface area contributed by atoms with Crippen molar-refractivity contribution in [2.24, 2.45) is 0 Å². The van der Waals surface area contributed by atoms with Crippen LogP contribution in [-0.4, -0.2) is 30.9 Å². The number of benzene rings is 2. The molecule has 0 spiro atoms. The van der Waals surface area contributed by atoms with Crippen molar-refractivity contribution in [2.75, 3.05) is 12.4 Å². The summed E-state index contributed by atoms with van der Waals surface area (Å²) >= 11 is 0. The first-order chi connectivity index (χ1) is 13.0. The normalized spacial score (nSPS) is 10.9. The van der Waals surface area contributed by atoms with Gasteiger partial charge < -0.3 is 5.11 Å². The van der Waals surface area contributed by atoms with Crippen LogP contribution in [0, 0.1) is 17.7 Å². The van der Waals surface area contributed by atoms with Crippen LogP contribution in [-0.2, 0) is 9.84 Å². The van der Waals surface area contributed by atoms with Crippen molar-refractivity contribution in [3.05, 3.63) is 83.9 Å². The number of hydrogen-bond donors (Lipinski definition) is 1. The van der Waals surface area contributed by atoms with E-state index in [-0.39, 0.29) is 10.6 Å². The highest BCUT2D eigenvalue weighted by molar-refractivity contribution is 7.91. The number of aromatic nitrogens is 1. The van der Waals surface area contributed by atoms with Gasteiger partial charge in [0, 0.05) is 17.3 Å². The van der Waals surface area contributed by atoms with Crippen molar-refractivity contribution in [3.8, 4) is 23.0 Å². The molecule has 0 fully saturated rings. The molecule has 0 amide bonds. The van der Waals surface area contributed by atoms with Gasteiger partial charge in [0.2, 0.25) is 0 Å². The van der Waals surface area contributed by atoms with Gasteiger partial charge in [0.25, 0.3) is 0 Å². The quantitative estimate of drug-likeness (QED) is 0.706. The zero-order chi connectivity index (χ0) is 19.3. The van der Waals surface area contributed by atoms with Crippen LogP contribution in [0.15, 0.2) is 71.8 Å². The lowest BCUT2D eigenvalue weighted by Gasteiger charge is -2.07. The van der Waals surface area contributed by atoms with Gasteiger partial charge in [-0.15, -0.1) is 0 Å². The molecular weight excluding hydrogens is 365 g/mol. The summed E-state index contributed by atoms with van der Waals surface area (Å²) in [6, 6.07) is 15.8. The van der Waals surface area contributed by atoms with Gasteiger partial charge in [0.05, 0.1) is 17.3 Å². The highest BCUT2D eigenvalue weighted by Gasteiger charge is 2.14. The van der Waals surface area contributed by atoms with Gasteiger partial charge >= 0.3 is 0 Å². The van der Waals surface area contributed by atoms with E-state index < -0.39 is 22.3 Å². The average Bonchev–Trinajstić information content (AvgIpc) is 2.68. The van der Waals surface area contributed by atoms with Crippen LogP contribution in [0.1, 0.15) is 11.3 Å². The largest absolute Gasteiger partial charge is 0.395 e. The Bertz CT molecular complexity index is 1100. The number of halogens is 1. The van der Waals surface area contributed by atoms with E-state index in [1.165, 1.54) is 18.2 Å². The molecule has 1 N–H and O–H groups in total. The van der Waals surface area contributed by atoms with E-state index in [1.54, 1.807) is 42.6 Å². The molecule has 3 aromatic rings. The molecule has 1 aromatic heterocycles. The molecule has 3 rings (SSSR count). The van der Waals surface area contributed by atoms with Crippen LogP contribution in [0.5, 0.6) is 0 Å². The van der Waals surface area contributed by atoms with Gasteiger partial charge in [-0.05, 0) is 53.9 Å². The lowest BCUT2D eigenvalue weighted by atomic mass is 10.0. The maximum Gasteiger partial charge on any atom is 0.180 e. The summed E-state index contributed by atoms with van der Waals surface area (Å²) in [5, 5.41) is 8.85. The Kier molecular flexibility index (Phi) is 5.65. The van der Waals surface area contributed by atoms with Gasteiger partial charge in [0.1, 0.15) is 11.5 Å². The molecule has 0 aliphatic carbocycles. The van der Waals surface area contributed by atoms with Crippen molar-refractivity contribution in [1.82, 2.24) is 4.98 Å². The molecule has 0 radical (unpaired) electrons. The summed E-state index contributed by atoms with van der Waals surface area (Å²) in [5.74, 6) is 5.09. The highest BCUT2D eigenvalue weighted by Crippen LogP contribution is 2.25. The molecule has 2 aromatic carbocycles. The fourth-order valence-electron chi connectivity index (χ4n) is 2.48. The molecule has 0 saturated carbocycles. The van der Waals surface area contributed by atoms with Crippen molar-refractivity contribution in [3.63, 3.8) is 0 Å². The van der Waals surface area contributed by atoms with Gasteiger partial charge in [-0.3, -0.25) is 0 Å². The predicted octanol–water partition coefficient (Wildman–Crippen LogP) is 3.05. The van der Waals surface area contributed by atoms with Crippen LogP contribution in [0.3, 0.4) is 0 Å². The fraction of sp³-hybridized carbons (Fsp3) is 0.0952. The number of sulfone groups is 1. The molecule has 136 valence electrons. The molecule has 0 unspecified atom stereocenters. The van der Waals surface area contributed by atoms with Crippen LogP contribution in [0.25, 0.3) is 11.1 Å². The third-order valence-electron chi connectivity index (χ3n) is 3.85. The summed E-state index contributed by atoms with van der Waals surface area (Å²) in [5.41, 5.74) is 2.10. The molecule has 0 atom stereocenters. The summed E-state index contributed by atoms with van der Waals surface area (Å²) in [7, 11) is -3.54. The summed E-state index contributed by atoms with van der Waals surface area (Å²) in [6.45, 7) is -0.449. The minimum Gasteiger partial charge on any atom is -0.395 e. The minimum absolute atomic E-state index is 0.0896.